The predicted molar refractivity (Wildman–Crippen MR) is 83.2 cm³/mol. The number of benzene rings is 2. The smallest absolute Gasteiger partial charge is 0.254 e. The molecule has 1 aromatic heterocycles. The molecule has 1 unspecified atom stereocenters. The maximum absolute atomic E-state index is 12.6. The zero-order valence-electron chi connectivity index (χ0n) is 12.1. The summed E-state index contributed by atoms with van der Waals surface area (Å²) >= 11 is 0. The SMILES string of the molecule is CC(c1ccco1)N(C)C(=O)c1ccc2ccccc2c1. The molecule has 106 valence electrons. The van der Waals surface area contributed by atoms with Crippen LogP contribution < -0.4 is 0 Å². The molecule has 3 rings (SSSR count). The van der Waals surface area contributed by atoms with Crippen LogP contribution in [-0.4, -0.2) is 17.9 Å². The van der Waals surface area contributed by atoms with E-state index in [4.69, 9.17) is 4.42 Å². The Morgan fingerprint density at radius 1 is 1.05 bits per heavy atom. The second kappa shape index (κ2) is 5.44. The molecule has 0 spiro atoms. The summed E-state index contributed by atoms with van der Waals surface area (Å²) in [6.45, 7) is 1.96. The van der Waals surface area contributed by atoms with Crippen LogP contribution in [0.5, 0.6) is 0 Å². The highest BCUT2D eigenvalue weighted by Gasteiger charge is 2.20. The first-order valence-corrected chi connectivity index (χ1v) is 6.96. The van der Waals surface area contributed by atoms with E-state index >= 15 is 0 Å². The van der Waals surface area contributed by atoms with Gasteiger partial charge in [-0.05, 0) is 42.0 Å². The lowest BCUT2D eigenvalue weighted by atomic mass is 10.1. The second-order valence-corrected chi connectivity index (χ2v) is 5.17. The highest BCUT2D eigenvalue weighted by atomic mass is 16.3. The van der Waals surface area contributed by atoms with E-state index in [1.165, 1.54) is 0 Å². The van der Waals surface area contributed by atoms with Crippen molar-refractivity contribution in [1.82, 2.24) is 4.90 Å². The third-order valence-electron chi connectivity index (χ3n) is 3.85. The molecular weight excluding hydrogens is 262 g/mol. The number of amides is 1. The number of rotatable bonds is 3. The summed E-state index contributed by atoms with van der Waals surface area (Å²) < 4.78 is 5.38. The van der Waals surface area contributed by atoms with Gasteiger partial charge in [-0.1, -0.05) is 30.3 Å². The van der Waals surface area contributed by atoms with Gasteiger partial charge in [-0.3, -0.25) is 4.79 Å². The Kier molecular flexibility index (Phi) is 3.48. The first kappa shape index (κ1) is 13.4. The highest BCUT2D eigenvalue weighted by Crippen LogP contribution is 2.22. The van der Waals surface area contributed by atoms with Crippen molar-refractivity contribution < 1.29 is 9.21 Å². The lowest BCUT2D eigenvalue weighted by Crippen LogP contribution is -2.29. The summed E-state index contributed by atoms with van der Waals surface area (Å²) in [5, 5.41) is 2.21. The number of fused-ring (bicyclic) bond motifs is 1. The Hall–Kier alpha value is -2.55. The molecule has 3 aromatic rings. The van der Waals surface area contributed by atoms with Crippen molar-refractivity contribution >= 4 is 16.7 Å². The van der Waals surface area contributed by atoms with Gasteiger partial charge in [0.05, 0.1) is 12.3 Å². The molecule has 0 radical (unpaired) electrons. The van der Waals surface area contributed by atoms with E-state index in [0.29, 0.717) is 5.56 Å². The molecule has 0 fully saturated rings. The first-order chi connectivity index (χ1) is 10.2. The van der Waals surface area contributed by atoms with Gasteiger partial charge in [0, 0.05) is 12.6 Å². The molecule has 3 nitrogen and oxygen atoms in total. The summed E-state index contributed by atoms with van der Waals surface area (Å²) in [4.78, 5) is 14.3. The van der Waals surface area contributed by atoms with Crippen molar-refractivity contribution in [2.75, 3.05) is 7.05 Å². The summed E-state index contributed by atoms with van der Waals surface area (Å²) in [7, 11) is 1.80. The van der Waals surface area contributed by atoms with Gasteiger partial charge in [-0.15, -0.1) is 0 Å². The number of hydrogen-bond acceptors (Lipinski definition) is 2. The van der Waals surface area contributed by atoms with Crippen LogP contribution in [-0.2, 0) is 0 Å². The fourth-order valence-electron chi connectivity index (χ4n) is 2.42. The number of nitrogens with zero attached hydrogens (tertiary/aromatic N) is 1. The van der Waals surface area contributed by atoms with Gasteiger partial charge in [0.1, 0.15) is 5.76 Å². The normalized spacial score (nSPS) is 12.3. The molecule has 0 N–H and O–H groups in total. The number of hydrogen-bond donors (Lipinski definition) is 0. The lowest BCUT2D eigenvalue weighted by molar-refractivity contribution is 0.0726. The van der Waals surface area contributed by atoms with Crippen LogP contribution in [0.3, 0.4) is 0 Å². The molecule has 0 aliphatic rings. The van der Waals surface area contributed by atoms with Crippen molar-refractivity contribution in [2.24, 2.45) is 0 Å². The van der Waals surface area contributed by atoms with E-state index in [2.05, 4.69) is 0 Å². The van der Waals surface area contributed by atoms with Gasteiger partial charge in [-0.2, -0.15) is 0 Å². The van der Waals surface area contributed by atoms with Crippen molar-refractivity contribution in [3.8, 4) is 0 Å². The Labute approximate surface area is 123 Å². The lowest BCUT2D eigenvalue weighted by Gasteiger charge is -2.23. The minimum atomic E-state index is -0.0982. The Morgan fingerprint density at radius 2 is 1.81 bits per heavy atom. The second-order valence-electron chi connectivity index (χ2n) is 5.17. The summed E-state index contributed by atoms with van der Waals surface area (Å²) in [5.74, 6) is 0.774. The van der Waals surface area contributed by atoms with Crippen molar-refractivity contribution in [2.45, 2.75) is 13.0 Å². The Bertz CT molecular complexity index is 762. The van der Waals surface area contributed by atoms with Gasteiger partial charge in [0.25, 0.3) is 5.91 Å². The molecule has 2 aromatic carbocycles. The van der Waals surface area contributed by atoms with Crippen LogP contribution in [0.1, 0.15) is 29.1 Å². The fraction of sp³-hybridized carbons (Fsp3) is 0.167. The topological polar surface area (TPSA) is 33.5 Å². The van der Waals surface area contributed by atoms with Crippen LogP contribution in [0.2, 0.25) is 0 Å². The molecule has 0 saturated carbocycles. The quantitative estimate of drug-likeness (QED) is 0.717. The third-order valence-corrected chi connectivity index (χ3v) is 3.85. The van der Waals surface area contributed by atoms with Gasteiger partial charge in [0.2, 0.25) is 0 Å². The van der Waals surface area contributed by atoms with Crippen LogP contribution in [0.25, 0.3) is 10.8 Å². The predicted octanol–water partition coefficient (Wildman–Crippen LogP) is 4.27. The van der Waals surface area contributed by atoms with Crippen LogP contribution in [0.4, 0.5) is 0 Å². The minimum absolute atomic E-state index is 0.00958. The van der Waals surface area contributed by atoms with Gasteiger partial charge < -0.3 is 9.32 Å². The molecule has 0 saturated heterocycles. The summed E-state index contributed by atoms with van der Waals surface area (Å²) in [6, 6.07) is 17.4. The summed E-state index contributed by atoms with van der Waals surface area (Å²) in [5.41, 5.74) is 0.689. The van der Waals surface area contributed by atoms with E-state index in [9.17, 15) is 4.79 Å². The van der Waals surface area contributed by atoms with Crippen molar-refractivity contribution in [1.29, 1.82) is 0 Å². The Balaban J connectivity index is 1.89. The summed E-state index contributed by atoms with van der Waals surface area (Å²) in [6.07, 6.45) is 1.63. The minimum Gasteiger partial charge on any atom is -0.467 e. The molecule has 21 heavy (non-hydrogen) atoms. The highest BCUT2D eigenvalue weighted by molar-refractivity contribution is 5.98. The maximum Gasteiger partial charge on any atom is 0.254 e. The largest absolute Gasteiger partial charge is 0.467 e. The molecule has 1 atom stereocenters. The molecule has 1 amide bonds. The third kappa shape index (κ3) is 2.55. The number of carbonyl (C=O) groups is 1. The maximum atomic E-state index is 12.6. The zero-order valence-corrected chi connectivity index (χ0v) is 12.1. The number of carbonyl (C=O) groups excluding carboxylic acids is 1. The van der Waals surface area contributed by atoms with E-state index in [-0.39, 0.29) is 11.9 Å². The average Bonchev–Trinajstić information content (AvgIpc) is 3.06. The molecule has 3 heteroatoms. The average molecular weight is 279 g/mol. The molecule has 1 heterocycles. The van der Waals surface area contributed by atoms with Gasteiger partial charge >= 0.3 is 0 Å². The number of furan rings is 1. The van der Waals surface area contributed by atoms with Crippen molar-refractivity contribution in [3.63, 3.8) is 0 Å². The van der Waals surface area contributed by atoms with E-state index in [1.54, 1.807) is 18.2 Å². The standard InChI is InChI=1S/C18H17NO2/c1-13(17-8-5-11-21-17)19(2)18(20)16-10-9-14-6-3-4-7-15(14)12-16/h3-13H,1-2H3. The first-order valence-electron chi connectivity index (χ1n) is 6.96. The molecule has 0 aliphatic carbocycles. The van der Waals surface area contributed by atoms with Gasteiger partial charge in [0.15, 0.2) is 0 Å². The van der Waals surface area contributed by atoms with E-state index in [0.717, 1.165) is 16.5 Å². The molecular formula is C18H17NO2. The van der Waals surface area contributed by atoms with Crippen LogP contribution >= 0.6 is 0 Å². The Morgan fingerprint density at radius 3 is 2.52 bits per heavy atom. The molecule has 0 aliphatic heterocycles. The monoisotopic (exact) mass is 279 g/mol. The molecule has 0 bridgehead atoms. The van der Waals surface area contributed by atoms with E-state index < -0.39 is 0 Å². The van der Waals surface area contributed by atoms with Crippen LogP contribution in [0, 0.1) is 0 Å². The zero-order chi connectivity index (χ0) is 14.8. The van der Waals surface area contributed by atoms with E-state index in [1.807, 2.05) is 61.5 Å². The van der Waals surface area contributed by atoms with Gasteiger partial charge in [-0.25, -0.2) is 0 Å². The van der Waals surface area contributed by atoms with Crippen molar-refractivity contribution in [3.05, 3.63) is 72.2 Å². The fourth-order valence-corrected chi connectivity index (χ4v) is 2.42. The van der Waals surface area contributed by atoms with Crippen LogP contribution in [0.15, 0.2) is 65.3 Å².